The highest BCUT2D eigenvalue weighted by atomic mass is 16.3. The summed E-state index contributed by atoms with van der Waals surface area (Å²) >= 11 is 0. The molecule has 0 saturated heterocycles. The van der Waals surface area contributed by atoms with Gasteiger partial charge in [0.2, 0.25) is 0 Å². The first-order valence-corrected chi connectivity index (χ1v) is 10.1. The minimum atomic E-state index is -0.156. The molecule has 28 heavy (non-hydrogen) atoms. The van der Waals surface area contributed by atoms with Crippen LogP contribution in [0.2, 0.25) is 0 Å². The number of phenols is 1. The monoisotopic (exact) mass is 381 g/mol. The number of rotatable bonds is 6. The van der Waals surface area contributed by atoms with Crippen LogP contribution >= 0.6 is 0 Å². The first-order chi connectivity index (χ1) is 13.0. The van der Waals surface area contributed by atoms with E-state index in [1.54, 1.807) is 0 Å². The Labute approximate surface area is 170 Å². The van der Waals surface area contributed by atoms with Crippen molar-refractivity contribution >= 4 is 12.0 Å². The van der Waals surface area contributed by atoms with Gasteiger partial charge in [0.05, 0.1) is 0 Å². The molecule has 0 aliphatic heterocycles. The lowest BCUT2D eigenvalue weighted by Gasteiger charge is -2.30. The summed E-state index contributed by atoms with van der Waals surface area (Å²) in [6.45, 7) is 16.5. The Morgan fingerprint density at radius 1 is 1.00 bits per heavy atom. The van der Waals surface area contributed by atoms with Crippen molar-refractivity contribution in [2.75, 3.05) is 11.4 Å². The summed E-state index contributed by atoms with van der Waals surface area (Å²) in [6.07, 6.45) is 1.86. The predicted molar refractivity (Wildman–Crippen MR) is 119 cm³/mol. The van der Waals surface area contributed by atoms with E-state index in [4.69, 9.17) is 0 Å². The number of nitrogens with zero attached hydrogens (tertiary/aromatic N) is 1. The van der Waals surface area contributed by atoms with Crippen LogP contribution in [0.1, 0.15) is 81.9 Å². The second-order valence-electron chi connectivity index (χ2n) is 9.63. The van der Waals surface area contributed by atoms with E-state index in [1.165, 1.54) is 5.56 Å². The van der Waals surface area contributed by atoms with Gasteiger partial charge >= 0.3 is 0 Å². The highest BCUT2D eigenvalue weighted by Crippen LogP contribution is 2.38. The Bertz CT molecular complexity index is 825. The number of phenolic OH excluding ortho intramolecular Hbond substituents is 1. The molecular weight excluding hydrogens is 346 g/mol. The molecule has 2 aromatic carbocycles. The molecule has 2 aromatic rings. The Hall–Kier alpha value is -2.29. The van der Waals surface area contributed by atoms with Crippen molar-refractivity contribution in [2.24, 2.45) is 0 Å². The first kappa shape index (κ1) is 22.0. The number of para-hydroxylation sites is 1. The summed E-state index contributed by atoms with van der Waals surface area (Å²) < 4.78 is 0. The van der Waals surface area contributed by atoms with E-state index in [9.17, 15) is 9.90 Å². The van der Waals surface area contributed by atoms with E-state index in [0.717, 1.165) is 36.1 Å². The minimum absolute atomic E-state index is 0.0151. The Kier molecular flexibility index (Phi) is 6.59. The van der Waals surface area contributed by atoms with Gasteiger partial charge in [-0.15, -0.1) is 0 Å². The van der Waals surface area contributed by atoms with Gasteiger partial charge in [0.15, 0.2) is 6.29 Å². The average molecular weight is 382 g/mol. The molecule has 3 heteroatoms. The van der Waals surface area contributed by atoms with Crippen LogP contribution in [0.4, 0.5) is 5.69 Å². The molecule has 0 saturated carbocycles. The van der Waals surface area contributed by atoms with Crippen LogP contribution in [0.5, 0.6) is 5.75 Å². The van der Waals surface area contributed by atoms with Crippen LogP contribution in [-0.2, 0) is 17.4 Å². The molecular formula is C25H35NO2. The fraction of sp³-hybridized carbons (Fsp3) is 0.480. The van der Waals surface area contributed by atoms with Gasteiger partial charge in [-0.1, -0.05) is 66.7 Å². The molecule has 0 heterocycles. The van der Waals surface area contributed by atoms with Crippen LogP contribution in [0, 0.1) is 0 Å². The van der Waals surface area contributed by atoms with E-state index in [-0.39, 0.29) is 10.8 Å². The van der Waals surface area contributed by atoms with Crippen LogP contribution < -0.4 is 4.90 Å². The summed E-state index contributed by atoms with van der Waals surface area (Å²) in [7, 11) is 0. The Balaban J connectivity index is 2.59. The third kappa shape index (κ3) is 4.95. The van der Waals surface area contributed by atoms with Gasteiger partial charge in [-0.25, -0.2) is 0 Å². The van der Waals surface area contributed by atoms with E-state index in [1.807, 2.05) is 24.3 Å². The molecule has 3 nitrogen and oxygen atoms in total. The number of aromatic hydroxyl groups is 1. The van der Waals surface area contributed by atoms with Crippen molar-refractivity contribution in [2.45, 2.75) is 72.3 Å². The molecule has 152 valence electrons. The molecule has 0 aliphatic carbocycles. The van der Waals surface area contributed by atoms with Crippen molar-refractivity contribution in [3.05, 3.63) is 58.7 Å². The normalized spacial score (nSPS) is 12.1. The van der Waals surface area contributed by atoms with Gasteiger partial charge in [0, 0.05) is 29.9 Å². The van der Waals surface area contributed by atoms with E-state index in [2.05, 4.69) is 65.5 Å². The molecule has 0 spiro atoms. The molecule has 0 unspecified atom stereocenters. The van der Waals surface area contributed by atoms with Crippen LogP contribution in [0.3, 0.4) is 0 Å². The van der Waals surface area contributed by atoms with Crippen molar-refractivity contribution in [3.8, 4) is 5.75 Å². The lowest BCUT2D eigenvalue weighted by molar-refractivity contribution is 0.112. The molecule has 0 atom stereocenters. The lowest BCUT2D eigenvalue weighted by atomic mass is 9.79. The lowest BCUT2D eigenvalue weighted by Crippen LogP contribution is -2.26. The number of hydrogen-bond donors (Lipinski definition) is 1. The molecule has 0 bridgehead atoms. The third-order valence-electron chi connectivity index (χ3n) is 5.12. The van der Waals surface area contributed by atoms with Crippen molar-refractivity contribution in [1.82, 2.24) is 0 Å². The zero-order valence-electron chi connectivity index (χ0n) is 18.5. The average Bonchev–Trinajstić information content (AvgIpc) is 2.60. The number of hydrogen-bond acceptors (Lipinski definition) is 3. The maximum Gasteiger partial charge on any atom is 0.152 e. The maximum absolute atomic E-state index is 11.6. The number of anilines is 1. The molecule has 0 fully saturated rings. The van der Waals surface area contributed by atoms with E-state index < -0.39 is 0 Å². The van der Waals surface area contributed by atoms with Crippen LogP contribution in [0.15, 0.2) is 36.4 Å². The van der Waals surface area contributed by atoms with E-state index in [0.29, 0.717) is 17.9 Å². The summed E-state index contributed by atoms with van der Waals surface area (Å²) in [4.78, 5) is 13.7. The van der Waals surface area contributed by atoms with Crippen LogP contribution in [0.25, 0.3) is 0 Å². The van der Waals surface area contributed by atoms with Crippen molar-refractivity contribution in [1.29, 1.82) is 0 Å². The highest BCUT2D eigenvalue weighted by molar-refractivity contribution is 5.84. The largest absolute Gasteiger partial charge is 0.507 e. The summed E-state index contributed by atoms with van der Waals surface area (Å²) in [6, 6.07) is 11.9. The highest BCUT2D eigenvalue weighted by Gasteiger charge is 2.25. The summed E-state index contributed by atoms with van der Waals surface area (Å²) in [5, 5.41) is 11.1. The van der Waals surface area contributed by atoms with Gasteiger partial charge in [0.25, 0.3) is 0 Å². The summed E-state index contributed by atoms with van der Waals surface area (Å²) in [5.41, 5.74) is 4.51. The second kappa shape index (κ2) is 8.38. The van der Waals surface area contributed by atoms with E-state index >= 15 is 0 Å². The van der Waals surface area contributed by atoms with Gasteiger partial charge in [-0.05, 0) is 46.6 Å². The standard InChI is InChI=1S/C25H35NO2/c1-8-13-26(22-12-10-9-11-18(22)17-27)16-19-14-20(24(2,3)4)15-21(23(19)28)25(5,6)7/h9-12,14-15,17,28H,8,13,16H2,1-7H3. The van der Waals surface area contributed by atoms with Gasteiger partial charge in [-0.2, -0.15) is 0 Å². The molecule has 0 radical (unpaired) electrons. The van der Waals surface area contributed by atoms with Crippen molar-refractivity contribution in [3.63, 3.8) is 0 Å². The molecule has 0 amide bonds. The molecule has 0 aliphatic rings. The zero-order chi connectivity index (χ0) is 21.1. The van der Waals surface area contributed by atoms with Crippen LogP contribution in [-0.4, -0.2) is 17.9 Å². The maximum atomic E-state index is 11.6. The fourth-order valence-electron chi connectivity index (χ4n) is 3.46. The number of aldehydes is 1. The number of carbonyl (C=O) groups is 1. The predicted octanol–water partition coefficient (Wildman–Crippen LogP) is 6.22. The molecule has 1 N–H and O–H groups in total. The van der Waals surface area contributed by atoms with Gasteiger partial charge in [0.1, 0.15) is 5.75 Å². The Morgan fingerprint density at radius 3 is 2.18 bits per heavy atom. The SMILES string of the molecule is CCCN(Cc1cc(C(C)(C)C)cc(C(C)(C)C)c1O)c1ccccc1C=O. The molecule has 2 rings (SSSR count). The zero-order valence-corrected chi connectivity index (χ0v) is 18.5. The summed E-state index contributed by atoms with van der Waals surface area (Å²) in [5.74, 6) is 0.366. The first-order valence-electron chi connectivity index (χ1n) is 10.1. The van der Waals surface area contributed by atoms with Gasteiger partial charge < -0.3 is 10.0 Å². The smallest absolute Gasteiger partial charge is 0.152 e. The second-order valence-corrected chi connectivity index (χ2v) is 9.63. The van der Waals surface area contributed by atoms with Crippen molar-refractivity contribution < 1.29 is 9.90 Å². The topological polar surface area (TPSA) is 40.5 Å². The minimum Gasteiger partial charge on any atom is -0.507 e. The third-order valence-corrected chi connectivity index (χ3v) is 5.12. The number of carbonyl (C=O) groups excluding carboxylic acids is 1. The van der Waals surface area contributed by atoms with Gasteiger partial charge in [-0.3, -0.25) is 4.79 Å². The quantitative estimate of drug-likeness (QED) is 0.604. The Morgan fingerprint density at radius 2 is 1.64 bits per heavy atom. The fourth-order valence-corrected chi connectivity index (χ4v) is 3.46. The number of benzene rings is 2. The molecule has 0 aromatic heterocycles.